The number of nitrogens with zero attached hydrogens (tertiary/aromatic N) is 1. The van der Waals surface area contributed by atoms with E-state index in [1.165, 1.54) is 23.2 Å². The van der Waals surface area contributed by atoms with Crippen LogP contribution in [0.4, 0.5) is 5.69 Å². The Bertz CT molecular complexity index is 943. The van der Waals surface area contributed by atoms with Crippen LogP contribution in [-0.4, -0.2) is 44.6 Å². The van der Waals surface area contributed by atoms with E-state index in [1.54, 1.807) is 42.5 Å². The zero-order valence-corrected chi connectivity index (χ0v) is 17.7. The van der Waals surface area contributed by atoms with Crippen molar-refractivity contribution in [2.75, 3.05) is 31.3 Å². The van der Waals surface area contributed by atoms with Gasteiger partial charge in [-0.05, 0) is 55.3 Å². The second-order valence-electron chi connectivity index (χ2n) is 6.27. The van der Waals surface area contributed by atoms with Gasteiger partial charge in [0.05, 0.1) is 22.8 Å². The van der Waals surface area contributed by atoms with Gasteiger partial charge in [0.25, 0.3) is 0 Å². The average molecular weight is 441 g/mol. The lowest BCUT2D eigenvalue weighted by molar-refractivity contribution is -0.113. The summed E-state index contributed by atoms with van der Waals surface area (Å²) >= 11 is 7.38. The smallest absolute Gasteiger partial charge is 0.243 e. The quantitative estimate of drug-likeness (QED) is 0.661. The van der Waals surface area contributed by atoms with E-state index in [0.717, 1.165) is 17.7 Å². The van der Waals surface area contributed by atoms with Crippen molar-refractivity contribution in [3.63, 3.8) is 0 Å². The molecule has 0 aromatic heterocycles. The molecule has 0 radical (unpaired) electrons. The predicted octanol–water partition coefficient (Wildman–Crippen LogP) is 3.86. The minimum atomic E-state index is -3.42. The summed E-state index contributed by atoms with van der Waals surface area (Å²) in [6.07, 6.45) is 1.81. The van der Waals surface area contributed by atoms with Gasteiger partial charge in [-0.1, -0.05) is 11.6 Å². The second-order valence-corrected chi connectivity index (χ2v) is 9.66. The SMILES string of the molecule is COc1ccc(NC(=O)CSc2ccc(S(=O)(=O)N3CCCC3)cc2)cc1Cl. The number of thioether (sulfide) groups is 1. The van der Waals surface area contributed by atoms with Gasteiger partial charge in [-0.25, -0.2) is 8.42 Å². The van der Waals surface area contributed by atoms with E-state index in [-0.39, 0.29) is 16.6 Å². The molecule has 0 aliphatic carbocycles. The maximum Gasteiger partial charge on any atom is 0.243 e. The summed E-state index contributed by atoms with van der Waals surface area (Å²) in [5.74, 6) is 0.556. The van der Waals surface area contributed by atoms with Crippen molar-refractivity contribution >= 4 is 45.0 Å². The van der Waals surface area contributed by atoms with Gasteiger partial charge >= 0.3 is 0 Å². The molecule has 9 heteroatoms. The van der Waals surface area contributed by atoms with Crippen molar-refractivity contribution in [2.24, 2.45) is 0 Å². The number of benzene rings is 2. The molecule has 1 N–H and O–H groups in total. The maximum absolute atomic E-state index is 12.5. The van der Waals surface area contributed by atoms with Crippen LogP contribution in [0.3, 0.4) is 0 Å². The third-order valence-corrected chi connectivity index (χ3v) is 7.55. The number of hydrogen-bond acceptors (Lipinski definition) is 5. The Morgan fingerprint density at radius 3 is 2.46 bits per heavy atom. The number of anilines is 1. The molecule has 150 valence electrons. The van der Waals surface area contributed by atoms with Gasteiger partial charge in [0.1, 0.15) is 5.75 Å². The van der Waals surface area contributed by atoms with Crippen LogP contribution in [0.25, 0.3) is 0 Å². The van der Waals surface area contributed by atoms with E-state index in [1.807, 2.05) is 0 Å². The highest BCUT2D eigenvalue weighted by Gasteiger charge is 2.26. The largest absolute Gasteiger partial charge is 0.495 e. The third kappa shape index (κ3) is 5.00. The van der Waals surface area contributed by atoms with Crippen LogP contribution in [0.15, 0.2) is 52.3 Å². The lowest BCUT2D eigenvalue weighted by Crippen LogP contribution is -2.27. The van der Waals surface area contributed by atoms with Crippen LogP contribution < -0.4 is 10.1 Å². The molecule has 1 saturated heterocycles. The number of nitrogens with one attached hydrogen (secondary N) is 1. The van der Waals surface area contributed by atoms with Crippen molar-refractivity contribution in [3.8, 4) is 5.75 Å². The first-order valence-corrected chi connectivity index (χ1v) is 11.6. The molecule has 0 bridgehead atoms. The molecular weight excluding hydrogens is 420 g/mol. The molecule has 28 heavy (non-hydrogen) atoms. The Labute approximate surface area is 174 Å². The number of carbonyl (C=O) groups is 1. The lowest BCUT2D eigenvalue weighted by Gasteiger charge is -2.15. The van der Waals surface area contributed by atoms with Gasteiger partial charge in [0, 0.05) is 23.7 Å². The number of carbonyl (C=O) groups excluding carboxylic acids is 1. The summed E-state index contributed by atoms with van der Waals surface area (Å²) in [4.78, 5) is 13.3. The summed E-state index contributed by atoms with van der Waals surface area (Å²) in [7, 11) is -1.89. The molecule has 3 rings (SSSR count). The van der Waals surface area contributed by atoms with Crippen molar-refractivity contribution in [1.29, 1.82) is 0 Å². The number of rotatable bonds is 7. The Kier molecular flexibility index (Phi) is 6.87. The fraction of sp³-hybridized carbons (Fsp3) is 0.316. The molecule has 0 unspecified atom stereocenters. The molecular formula is C19H21ClN2O4S2. The number of sulfonamides is 1. The van der Waals surface area contributed by atoms with Crippen LogP contribution in [0.5, 0.6) is 5.75 Å². The summed E-state index contributed by atoms with van der Waals surface area (Å²) < 4.78 is 31.6. The molecule has 1 heterocycles. The average Bonchev–Trinajstić information content (AvgIpc) is 3.23. The topological polar surface area (TPSA) is 75.7 Å². The van der Waals surface area contributed by atoms with Gasteiger partial charge in [-0.15, -0.1) is 11.8 Å². The van der Waals surface area contributed by atoms with Crippen molar-refractivity contribution in [2.45, 2.75) is 22.6 Å². The number of amides is 1. The molecule has 1 aliphatic rings. The first-order chi connectivity index (χ1) is 13.4. The normalized spacial score (nSPS) is 14.8. The summed E-state index contributed by atoms with van der Waals surface area (Å²) in [6, 6.07) is 11.7. The molecule has 6 nitrogen and oxygen atoms in total. The first kappa shape index (κ1) is 21.0. The number of hydrogen-bond donors (Lipinski definition) is 1. The zero-order chi connectivity index (χ0) is 20.1. The zero-order valence-electron chi connectivity index (χ0n) is 15.4. The van der Waals surface area contributed by atoms with Gasteiger partial charge < -0.3 is 10.1 Å². The van der Waals surface area contributed by atoms with Crippen LogP contribution in [0, 0.1) is 0 Å². The molecule has 2 aromatic rings. The van der Waals surface area contributed by atoms with Gasteiger partial charge in [0.2, 0.25) is 15.9 Å². The summed E-state index contributed by atoms with van der Waals surface area (Å²) in [5.41, 5.74) is 0.587. The standard InChI is InChI=1S/C19H21ClN2O4S2/c1-26-18-9-4-14(12-17(18)20)21-19(23)13-27-15-5-7-16(8-6-15)28(24,25)22-10-2-3-11-22/h4-9,12H,2-3,10-11,13H2,1H3,(H,21,23). The lowest BCUT2D eigenvalue weighted by atomic mass is 10.3. The summed E-state index contributed by atoms with van der Waals surface area (Å²) in [5, 5.41) is 3.19. The maximum atomic E-state index is 12.5. The Morgan fingerprint density at radius 2 is 1.86 bits per heavy atom. The third-order valence-electron chi connectivity index (χ3n) is 4.33. The van der Waals surface area contributed by atoms with E-state index in [0.29, 0.717) is 29.5 Å². The minimum Gasteiger partial charge on any atom is -0.495 e. The van der Waals surface area contributed by atoms with Crippen molar-refractivity contribution in [1.82, 2.24) is 4.31 Å². The Hall–Kier alpha value is -1.74. The van der Waals surface area contributed by atoms with E-state index >= 15 is 0 Å². The Morgan fingerprint density at radius 1 is 1.18 bits per heavy atom. The van der Waals surface area contributed by atoms with Crippen LogP contribution in [0.2, 0.25) is 5.02 Å². The predicted molar refractivity (Wildman–Crippen MR) is 112 cm³/mol. The second kappa shape index (κ2) is 9.17. The molecule has 0 spiro atoms. The van der Waals surface area contributed by atoms with Crippen LogP contribution >= 0.6 is 23.4 Å². The van der Waals surface area contributed by atoms with E-state index < -0.39 is 10.0 Å². The van der Waals surface area contributed by atoms with Gasteiger partial charge in [-0.2, -0.15) is 4.31 Å². The van der Waals surface area contributed by atoms with Crippen molar-refractivity contribution in [3.05, 3.63) is 47.5 Å². The molecule has 1 amide bonds. The van der Waals surface area contributed by atoms with E-state index in [9.17, 15) is 13.2 Å². The first-order valence-electron chi connectivity index (χ1n) is 8.76. The molecule has 0 saturated carbocycles. The highest BCUT2D eigenvalue weighted by Crippen LogP contribution is 2.28. The number of methoxy groups -OCH3 is 1. The van der Waals surface area contributed by atoms with Crippen LogP contribution in [-0.2, 0) is 14.8 Å². The monoisotopic (exact) mass is 440 g/mol. The van der Waals surface area contributed by atoms with Crippen LogP contribution in [0.1, 0.15) is 12.8 Å². The van der Waals surface area contributed by atoms with E-state index in [2.05, 4.69) is 5.32 Å². The highest BCUT2D eigenvalue weighted by molar-refractivity contribution is 8.00. The van der Waals surface area contributed by atoms with Gasteiger partial charge in [0.15, 0.2) is 0 Å². The van der Waals surface area contributed by atoms with Crippen molar-refractivity contribution < 1.29 is 17.9 Å². The number of halogens is 1. The summed E-state index contributed by atoms with van der Waals surface area (Å²) in [6.45, 7) is 1.16. The molecule has 1 fully saturated rings. The Balaban J connectivity index is 1.56. The highest BCUT2D eigenvalue weighted by atomic mass is 35.5. The number of ether oxygens (including phenoxy) is 1. The molecule has 2 aromatic carbocycles. The van der Waals surface area contributed by atoms with Gasteiger partial charge in [-0.3, -0.25) is 4.79 Å². The fourth-order valence-corrected chi connectivity index (χ4v) is 5.35. The van der Waals surface area contributed by atoms with E-state index in [4.69, 9.17) is 16.3 Å². The minimum absolute atomic E-state index is 0.181. The molecule has 1 aliphatic heterocycles. The molecule has 0 atom stereocenters. The fourth-order valence-electron chi connectivity index (χ4n) is 2.88.